The van der Waals surface area contributed by atoms with E-state index in [1.165, 1.54) is 0 Å². The van der Waals surface area contributed by atoms with Crippen molar-refractivity contribution >= 4 is 16.9 Å². The summed E-state index contributed by atoms with van der Waals surface area (Å²) in [4.78, 5) is 10.4. The van der Waals surface area contributed by atoms with Crippen molar-refractivity contribution in [1.82, 2.24) is 30.1 Å². The summed E-state index contributed by atoms with van der Waals surface area (Å²) in [6.07, 6.45) is 1.86. The van der Waals surface area contributed by atoms with Gasteiger partial charge in [0.15, 0.2) is 11.3 Å². The minimum atomic E-state index is 0.228. The Hall–Kier alpha value is -3.20. The van der Waals surface area contributed by atoms with Crippen molar-refractivity contribution in [2.24, 2.45) is 7.05 Å². The first kappa shape index (κ1) is 16.9. The molecule has 0 aromatic carbocycles. The largest absolute Gasteiger partial charge is 0.377 e. The third kappa shape index (κ3) is 2.58. The van der Waals surface area contributed by atoms with E-state index in [4.69, 9.17) is 14.2 Å². The Kier molecular flexibility index (Phi) is 3.90. The fourth-order valence-electron chi connectivity index (χ4n) is 3.78. The van der Waals surface area contributed by atoms with Crippen LogP contribution in [0.2, 0.25) is 0 Å². The summed E-state index contributed by atoms with van der Waals surface area (Å²) >= 11 is 0. The molecule has 1 aliphatic heterocycles. The summed E-state index contributed by atoms with van der Waals surface area (Å²) in [5, 5.41) is 12.7. The molecule has 0 radical (unpaired) electrons. The Bertz CT molecular complexity index is 1110. The van der Waals surface area contributed by atoms with Gasteiger partial charge in [0.25, 0.3) is 0 Å². The van der Waals surface area contributed by atoms with Crippen LogP contribution in [0.1, 0.15) is 12.6 Å². The lowest BCUT2D eigenvalue weighted by atomic mass is 10.1. The number of aromatic amines is 1. The molecular weight excluding hydrogens is 358 g/mol. The molecule has 9 nitrogen and oxygen atoms in total. The third-order valence-electron chi connectivity index (χ3n) is 5.18. The molecule has 5 rings (SSSR count). The van der Waals surface area contributed by atoms with Crippen molar-refractivity contribution in [3.05, 3.63) is 30.1 Å². The van der Waals surface area contributed by atoms with Crippen LogP contribution in [0.25, 0.3) is 33.7 Å². The van der Waals surface area contributed by atoms with E-state index in [1.807, 2.05) is 38.4 Å². The molecule has 1 N–H and O–H groups in total. The smallest absolute Gasteiger partial charge is 0.195 e. The van der Waals surface area contributed by atoms with Gasteiger partial charge in [0, 0.05) is 19.8 Å². The molecule has 144 valence electrons. The van der Waals surface area contributed by atoms with E-state index in [1.54, 1.807) is 4.68 Å². The number of hydrogen-bond donors (Lipinski definition) is 1. The van der Waals surface area contributed by atoms with Gasteiger partial charge in [-0.25, -0.2) is 9.67 Å². The van der Waals surface area contributed by atoms with Gasteiger partial charge in [-0.1, -0.05) is 10.4 Å². The molecule has 0 saturated carbocycles. The molecule has 0 unspecified atom stereocenters. The van der Waals surface area contributed by atoms with Crippen molar-refractivity contribution in [2.75, 3.05) is 24.7 Å². The van der Waals surface area contributed by atoms with Crippen molar-refractivity contribution < 1.29 is 9.26 Å². The number of rotatable bonds is 3. The predicted octanol–water partition coefficient (Wildman–Crippen LogP) is 2.55. The molecule has 1 saturated heterocycles. The number of fused-ring (bicyclic) bond motifs is 1. The van der Waals surface area contributed by atoms with Crippen LogP contribution in [0.5, 0.6) is 0 Å². The van der Waals surface area contributed by atoms with E-state index in [2.05, 4.69) is 32.3 Å². The highest BCUT2D eigenvalue weighted by Crippen LogP contribution is 2.37. The maximum Gasteiger partial charge on any atom is 0.195 e. The minimum Gasteiger partial charge on any atom is -0.377 e. The molecule has 0 bridgehead atoms. The second kappa shape index (κ2) is 6.45. The van der Waals surface area contributed by atoms with Gasteiger partial charge in [-0.05, 0) is 32.0 Å². The number of H-pyrrole nitrogens is 1. The molecule has 5 heterocycles. The second-order valence-corrected chi connectivity index (χ2v) is 7.09. The molecule has 4 aromatic heterocycles. The standard InChI is InChI=1S/C19H21N7O2/c1-11-10-27-8-7-26(11)15-9-13(18-12(2)22-24-25(18)3)19-17(21-15)16(23-28-19)14-5-4-6-20-14/h4-6,9,11,20H,7-8,10H2,1-3H3/t11-/m1/s1. The second-order valence-electron chi connectivity index (χ2n) is 7.09. The first-order valence-electron chi connectivity index (χ1n) is 9.28. The van der Waals surface area contributed by atoms with Crippen LogP contribution < -0.4 is 4.90 Å². The Morgan fingerprint density at radius 3 is 2.93 bits per heavy atom. The van der Waals surface area contributed by atoms with Crippen LogP contribution >= 0.6 is 0 Å². The summed E-state index contributed by atoms with van der Waals surface area (Å²) in [5.41, 5.74) is 5.50. The van der Waals surface area contributed by atoms with Crippen LogP contribution in [-0.4, -0.2) is 55.9 Å². The monoisotopic (exact) mass is 379 g/mol. The zero-order valence-electron chi connectivity index (χ0n) is 16.0. The summed E-state index contributed by atoms with van der Waals surface area (Å²) in [6, 6.07) is 6.16. The predicted molar refractivity (Wildman–Crippen MR) is 104 cm³/mol. The average Bonchev–Trinajstić information content (AvgIpc) is 3.42. The summed E-state index contributed by atoms with van der Waals surface area (Å²) in [5.74, 6) is 0.870. The number of nitrogens with one attached hydrogen (secondary N) is 1. The Morgan fingerprint density at radius 2 is 2.21 bits per heavy atom. The lowest BCUT2D eigenvalue weighted by Crippen LogP contribution is -2.44. The minimum absolute atomic E-state index is 0.228. The van der Waals surface area contributed by atoms with Gasteiger partial charge in [0.05, 0.1) is 41.9 Å². The van der Waals surface area contributed by atoms with Gasteiger partial charge < -0.3 is 19.1 Å². The van der Waals surface area contributed by atoms with Gasteiger partial charge in [0.1, 0.15) is 11.3 Å². The van der Waals surface area contributed by atoms with Gasteiger partial charge in [-0.3, -0.25) is 0 Å². The topological polar surface area (TPSA) is 97.9 Å². The maximum atomic E-state index is 5.76. The van der Waals surface area contributed by atoms with E-state index >= 15 is 0 Å². The molecule has 0 spiro atoms. The average molecular weight is 379 g/mol. The Morgan fingerprint density at radius 1 is 1.32 bits per heavy atom. The molecular formula is C19H21N7O2. The third-order valence-corrected chi connectivity index (χ3v) is 5.18. The van der Waals surface area contributed by atoms with Gasteiger partial charge in [0.2, 0.25) is 0 Å². The zero-order valence-corrected chi connectivity index (χ0v) is 16.0. The van der Waals surface area contributed by atoms with E-state index in [0.717, 1.165) is 35.0 Å². The number of pyridine rings is 1. The number of morpholine rings is 1. The number of hydrogen-bond acceptors (Lipinski definition) is 7. The highest BCUT2D eigenvalue weighted by Gasteiger charge is 2.26. The SMILES string of the molecule is Cc1nnn(C)c1-c1cc(N2CCOC[C@H]2C)nc2c(-c3ccc[nH]3)noc12. The van der Waals surface area contributed by atoms with Crippen LogP contribution in [-0.2, 0) is 11.8 Å². The Balaban J connectivity index is 1.78. The highest BCUT2D eigenvalue weighted by molar-refractivity contribution is 5.98. The first-order valence-corrected chi connectivity index (χ1v) is 9.28. The zero-order chi connectivity index (χ0) is 19.3. The van der Waals surface area contributed by atoms with E-state index in [-0.39, 0.29) is 6.04 Å². The lowest BCUT2D eigenvalue weighted by Gasteiger charge is -2.34. The molecule has 1 atom stereocenters. The summed E-state index contributed by atoms with van der Waals surface area (Å²) < 4.78 is 13.1. The first-order chi connectivity index (χ1) is 13.6. The van der Waals surface area contributed by atoms with Crippen LogP contribution in [0, 0.1) is 6.92 Å². The van der Waals surface area contributed by atoms with E-state index in [9.17, 15) is 0 Å². The van der Waals surface area contributed by atoms with Crippen molar-refractivity contribution in [1.29, 1.82) is 0 Å². The molecule has 1 fully saturated rings. The fraction of sp³-hybridized carbons (Fsp3) is 0.368. The van der Waals surface area contributed by atoms with E-state index < -0.39 is 0 Å². The fourth-order valence-corrected chi connectivity index (χ4v) is 3.78. The van der Waals surface area contributed by atoms with Gasteiger partial charge in [-0.2, -0.15) is 0 Å². The van der Waals surface area contributed by atoms with E-state index in [0.29, 0.717) is 30.0 Å². The van der Waals surface area contributed by atoms with Crippen LogP contribution in [0.15, 0.2) is 28.9 Å². The molecule has 0 amide bonds. The highest BCUT2D eigenvalue weighted by atomic mass is 16.5. The lowest BCUT2D eigenvalue weighted by molar-refractivity contribution is 0.0986. The molecule has 1 aliphatic rings. The number of nitrogens with zero attached hydrogens (tertiary/aromatic N) is 6. The molecule has 4 aromatic rings. The summed E-state index contributed by atoms with van der Waals surface area (Å²) in [6.45, 7) is 6.22. The van der Waals surface area contributed by atoms with Crippen LogP contribution in [0.4, 0.5) is 5.82 Å². The van der Waals surface area contributed by atoms with Gasteiger partial charge >= 0.3 is 0 Å². The summed E-state index contributed by atoms with van der Waals surface area (Å²) in [7, 11) is 1.88. The number of aromatic nitrogens is 6. The molecule has 9 heteroatoms. The molecule has 0 aliphatic carbocycles. The van der Waals surface area contributed by atoms with Gasteiger partial charge in [-0.15, -0.1) is 5.10 Å². The number of ether oxygens (including phenoxy) is 1. The quantitative estimate of drug-likeness (QED) is 0.584. The Labute approximate surface area is 161 Å². The number of anilines is 1. The van der Waals surface area contributed by atoms with Crippen LogP contribution in [0.3, 0.4) is 0 Å². The van der Waals surface area contributed by atoms with Crippen molar-refractivity contribution in [3.63, 3.8) is 0 Å². The molecule has 28 heavy (non-hydrogen) atoms. The maximum absolute atomic E-state index is 5.76. The normalized spacial score (nSPS) is 17.5. The van der Waals surface area contributed by atoms with Crippen molar-refractivity contribution in [2.45, 2.75) is 19.9 Å². The van der Waals surface area contributed by atoms with Crippen molar-refractivity contribution in [3.8, 4) is 22.6 Å². The number of aryl methyl sites for hydroxylation is 2.